The summed E-state index contributed by atoms with van der Waals surface area (Å²) < 4.78 is 0. The first-order chi connectivity index (χ1) is 19.7. The molecule has 4 atom stereocenters. The largest absolute Gasteiger partial charge is 0.343 e. The lowest BCUT2D eigenvalue weighted by Gasteiger charge is -2.39. The Balaban J connectivity index is 1.60. The second-order valence-corrected chi connectivity index (χ2v) is 11.6. The lowest BCUT2D eigenvalue weighted by Crippen LogP contribution is -2.62. The molecule has 4 amide bonds. The minimum absolute atomic E-state index is 0.0250. The number of hydrogen-bond acceptors (Lipinski definition) is 5. The third-order valence-electron chi connectivity index (χ3n) is 8.12. The normalized spacial score (nSPS) is 21.7. The zero-order chi connectivity index (χ0) is 29.5. The van der Waals surface area contributed by atoms with Crippen LogP contribution in [-0.4, -0.2) is 77.7 Å². The van der Waals surface area contributed by atoms with Gasteiger partial charge in [-0.25, -0.2) is 0 Å². The van der Waals surface area contributed by atoms with Crippen molar-refractivity contribution < 1.29 is 19.2 Å². The standard InChI is InChI=1S/C32H43N5O4/c1-21(2)19-28(38)36-18-17-25-15-16-27(37(25)32(41)26(20-36)34-30(39)22(3)33-4)31(40)35-29(23-11-7-5-8-12-23)24-13-9-6-10-14-24/h5-14,21-22,25-27,29,33H,15-20H2,1-4H3,(H,34,39)(H,35,40)/t22?,25-,26+,27+/m1/s1. The summed E-state index contributed by atoms with van der Waals surface area (Å²) in [5, 5.41) is 8.99. The van der Waals surface area contributed by atoms with E-state index in [2.05, 4.69) is 16.0 Å². The van der Waals surface area contributed by atoms with Gasteiger partial charge in [0.2, 0.25) is 23.6 Å². The van der Waals surface area contributed by atoms with Crippen molar-refractivity contribution in [3.05, 3.63) is 71.8 Å². The molecule has 4 rings (SSSR count). The lowest BCUT2D eigenvalue weighted by molar-refractivity contribution is -0.147. The highest BCUT2D eigenvalue weighted by atomic mass is 16.2. The van der Waals surface area contributed by atoms with Crippen LogP contribution in [0.5, 0.6) is 0 Å². The molecule has 0 bridgehead atoms. The maximum Gasteiger partial charge on any atom is 0.247 e. The third kappa shape index (κ3) is 7.33. The summed E-state index contributed by atoms with van der Waals surface area (Å²) in [4.78, 5) is 57.4. The molecule has 1 unspecified atom stereocenters. The molecular weight excluding hydrogens is 518 g/mol. The molecule has 0 aromatic heterocycles. The van der Waals surface area contributed by atoms with Crippen LogP contribution in [0.15, 0.2) is 60.7 Å². The van der Waals surface area contributed by atoms with E-state index in [0.29, 0.717) is 32.2 Å². The van der Waals surface area contributed by atoms with E-state index < -0.39 is 18.1 Å². The van der Waals surface area contributed by atoms with Gasteiger partial charge >= 0.3 is 0 Å². The maximum atomic E-state index is 14.1. The van der Waals surface area contributed by atoms with E-state index in [4.69, 9.17) is 0 Å². The van der Waals surface area contributed by atoms with Crippen LogP contribution in [-0.2, 0) is 19.2 Å². The fourth-order valence-electron chi connectivity index (χ4n) is 5.76. The van der Waals surface area contributed by atoms with Gasteiger partial charge in [-0.2, -0.15) is 0 Å². The van der Waals surface area contributed by atoms with Gasteiger partial charge in [0, 0.05) is 25.6 Å². The van der Waals surface area contributed by atoms with E-state index in [1.165, 1.54) is 0 Å². The van der Waals surface area contributed by atoms with Gasteiger partial charge in [0.25, 0.3) is 0 Å². The molecule has 2 aromatic rings. The van der Waals surface area contributed by atoms with Crippen molar-refractivity contribution in [3.8, 4) is 0 Å². The zero-order valence-corrected chi connectivity index (χ0v) is 24.5. The van der Waals surface area contributed by atoms with Crippen molar-refractivity contribution in [1.82, 2.24) is 25.8 Å². The van der Waals surface area contributed by atoms with Gasteiger partial charge in [0.05, 0.1) is 12.1 Å². The van der Waals surface area contributed by atoms with Gasteiger partial charge in [0.15, 0.2) is 0 Å². The van der Waals surface area contributed by atoms with Crippen LogP contribution >= 0.6 is 0 Å². The molecule has 2 saturated heterocycles. The first-order valence-corrected chi connectivity index (χ1v) is 14.7. The number of fused-ring (bicyclic) bond motifs is 1. The highest BCUT2D eigenvalue weighted by molar-refractivity contribution is 5.94. The maximum absolute atomic E-state index is 14.1. The van der Waals surface area contributed by atoms with Gasteiger partial charge in [-0.05, 0) is 50.3 Å². The van der Waals surface area contributed by atoms with Gasteiger partial charge in [-0.3, -0.25) is 19.2 Å². The molecular formula is C32H43N5O4. The number of rotatable bonds is 9. The first-order valence-electron chi connectivity index (χ1n) is 14.7. The van der Waals surface area contributed by atoms with E-state index in [9.17, 15) is 19.2 Å². The van der Waals surface area contributed by atoms with Gasteiger partial charge < -0.3 is 25.8 Å². The Morgan fingerprint density at radius 1 is 0.902 bits per heavy atom. The SMILES string of the molecule is CNC(C)C(=O)N[C@H]1CN(C(=O)CC(C)C)CC[C@H]2CC[C@@H](C(=O)NC(c3ccccc3)c3ccccc3)N2C1=O. The van der Waals surface area contributed by atoms with Crippen LogP contribution in [0.1, 0.15) is 63.6 Å². The smallest absolute Gasteiger partial charge is 0.247 e. The van der Waals surface area contributed by atoms with E-state index in [-0.39, 0.29) is 48.2 Å². The minimum Gasteiger partial charge on any atom is -0.343 e. The van der Waals surface area contributed by atoms with Crippen molar-refractivity contribution in [1.29, 1.82) is 0 Å². The monoisotopic (exact) mass is 561 g/mol. The Hall–Kier alpha value is -3.72. The Labute approximate surface area is 243 Å². The topological polar surface area (TPSA) is 111 Å². The minimum atomic E-state index is -0.940. The Kier molecular flexibility index (Phi) is 10.2. The van der Waals surface area contributed by atoms with Crippen LogP contribution in [0.3, 0.4) is 0 Å². The lowest BCUT2D eigenvalue weighted by atomic mass is 9.98. The van der Waals surface area contributed by atoms with Gasteiger partial charge in [-0.15, -0.1) is 0 Å². The average Bonchev–Trinajstić information content (AvgIpc) is 3.39. The highest BCUT2D eigenvalue weighted by Crippen LogP contribution is 2.31. The van der Waals surface area contributed by atoms with E-state index in [1.54, 1.807) is 23.8 Å². The van der Waals surface area contributed by atoms with Crippen LogP contribution in [0.2, 0.25) is 0 Å². The molecule has 0 aliphatic carbocycles. The summed E-state index contributed by atoms with van der Waals surface area (Å²) in [6, 6.07) is 16.9. The molecule has 2 heterocycles. The molecule has 2 aromatic carbocycles. The molecule has 2 aliphatic rings. The van der Waals surface area contributed by atoms with Gasteiger partial charge in [0.1, 0.15) is 12.1 Å². The average molecular weight is 562 g/mol. The van der Waals surface area contributed by atoms with Crippen molar-refractivity contribution in [2.45, 2.75) is 76.7 Å². The number of carbonyl (C=O) groups is 4. The van der Waals surface area contributed by atoms with E-state index in [1.807, 2.05) is 74.5 Å². The molecule has 0 saturated carbocycles. The number of amides is 4. The van der Waals surface area contributed by atoms with Crippen molar-refractivity contribution in [2.75, 3.05) is 20.1 Å². The van der Waals surface area contributed by atoms with Gasteiger partial charge in [-0.1, -0.05) is 74.5 Å². The quantitative estimate of drug-likeness (QED) is 0.436. The van der Waals surface area contributed by atoms with Crippen LogP contribution < -0.4 is 16.0 Å². The molecule has 2 aliphatic heterocycles. The molecule has 3 N–H and O–H groups in total. The molecule has 2 fully saturated rings. The number of nitrogens with one attached hydrogen (secondary N) is 3. The summed E-state index contributed by atoms with van der Waals surface area (Å²) >= 11 is 0. The zero-order valence-electron chi connectivity index (χ0n) is 24.5. The molecule has 9 nitrogen and oxygen atoms in total. The Morgan fingerprint density at radius 2 is 1.51 bits per heavy atom. The second kappa shape index (κ2) is 13.8. The molecule has 41 heavy (non-hydrogen) atoms. The fraction of sp³-hybridized carbons (Fsp3) is 0.500. The number of hydrogen-bond donors (Lipinski definition) is 3. The predicted molar refractivity (Wildman–Crippen MR) is 158 cm³/mol. The second-order valence-electron chi connectivity index (χ2n) is 11.6. The summed E-state index contributed by atoms with van der Waals surface area (Å²) in [5.41, 5.74) is 1.90. The van der Waals surface area contributed by atoms with Crippen molar-refractivity contribution in [2.24, 2.45) is 5.92 Å². The Bertz CT molecular complexity index is 1170. The third-order valence-corrected chi connectivity index (χ3v) is 8.12. The van der Waals surface area contributed by atoms with E-state index >= 15 is 0 Å². The Morgan fingerprint density at radius 3 is 2.07 bits per heavy atom. The number of likely N-dealkylation sites (N-methyl/N-ethyl adjacent to an activating group) is 1. The molecule has 0 spiro atoms. The number of carbonyl (C=O) groups excluding carboxylic acids is 4. The highest BCUT2D eigenvalue weighted by Gasteiger charge is 2.46. The first kappa shape index (κ1) is 30.2. The number of benzene rings is 2. The summed E-state index contributed by atoms with van der Waals surface area (Å²) in [6.45, 7) is 6.24. The summed E-state index contributed by atoms with van der Waals surface area (Å²) in [7, 11) is 1.68. The van der Waals surface area contributed by atoms with E-state index in [0.717, 1.165) is 11.1 Å². The summed E-state index contributed by atoms with van der Waals surface area (Å²) in [5.74, 6) is -0.710. The van der Waals surface area contributed by atoms with Crippen LogP contribution in [0.4, 0.5) is 0 Å². The van der Waals surface area contributed by atoms with Crippen molar-refractivity contribution in [3.63, 3.8) is 0 Å². The predicted octanol–water partition coefficient (Wildman–Crippen LogP) is 2.62. The van der Waals surface area contributed by atoms with Crippen molar-refractivity contribution >= 4 is 23.6 Å². The van der Waals surface area contributed by atoms with Crippen LogP contribution in [0.25, 0.3) is 0 Å². The number of nitrogens with zero attached hydrogens (tertiary/aromatic N) is 2. The van der Waals surface area contributed by atoms with Crippen LogP contribution in [0, 0.1) is 5.92 Å². The molecule has 0 radical (unpaired) electrons. The molecule has 220 valence electrons. The molecule has 9 heteroatoms. The summed E-state index contributed by atoms with van der Waals surface area (Å²) in [6.07, 6.45) is 2.15. The fourth-order valence-corrected chi connectivity index (χ4v) is 5.76.